The van der Waals surface area contributed by atoms with Gasteiger partial charge in [-0.3, -0.25) is 4.79 Å². The summed E-state index contributed by atoms with van der Waals surface area (Å²) in [5.41, 5.74) is 4.33. The lowest BCUT2D eigenvalue weighted by atomic mass is 9.86. The van der Waals surface area contributed by atoms with Gasteiger partial charge in [0.25, 0.3) is 5.56 Å². The maximum atomic E-state index is 12.3. The van der Waals surface area contributed by atoms with Crippen molar-refractivity contribution in [1.82, 2.24) is 4.98 Å². The van der Waals surface area contributed by atoms with Crippen molar-refractivity contribution in [3.63, 3.8) is 0 Å². The predicted molar refractivity (Wildman–Crippen MR) is 91.1 cm³/mol. The van der Waals surface area contributed by atoms with Gasteiger partial charge in [-0.2, -0.15) is 0 Å². The maximum Gasteiger partial charge on any atom is 0.257 e. The van der Waals surface area contributed by atoms with Crippen molar-refractivity contribution in [2.75, 3.05) is 0 Å². The predicted octanol–water partition coefficient (Wildman–Crippen LogP) is 2.79. The summed E-state index contributed by atoms with van der Waals surface area (Å²) in [5.74, 6) is 0.762. The zero-order valence-corrected chi connectivity index (χ0v) is 13.9. The van der Waals surface area contributed by atoms with Crippen molar-refractivity contribution in [2.24, 2.45) is 5.92 Å². The molecule has 0 unspecified atom stereocenters. The van der Waals surface area contributed by atoms with Gasteiger partial charge in [0.2, 0.25) is 0 Å². The Balaban J connectivity index is 1.84. The quantitative estimate of drug-likeness (QED) is 0.899. The van der Waals surface area contributed by atoms with E-state index in [1.807, 2.05) is 0 Å². The number of H-pyrrole nitrogens is 1. The normalized spacial score (nSPS) is 22.1. The number of nitrogens with one attached hydrogen (secondary N) is 1. The maximum absolute atomic E-state index is 12.3. The van der Waals surface area contributed by atoms with E-state index in [9.17, 15) is 4.79 Å². The van der Waals surface area contributed by atoms with Gasteiger partial charge in [0.05, 0.1) is 17.1 Å². The van der Waals surface area contributed by atoms with Gasteiger partial charge in [0.1, 0.15) is 6.54 Å². The number of hydrogen-bond donors (Lipinski definition) is 2. The highest BCUT2D eigenvalue weighted by molar-refractivity contribution is 5.82. The van der Waals surface area contributed by atoms with Crippen LogP contribution < -0.4 is 10.9 Å². The number of aromatic nitrogens is 1. The van der Waals surface area contributed by atoms with Gasteiger partial charge in [-0.25, -0.2) is 0 Å². The van der Waals surface area contributed by atoms with Crippen molar-refractivity contribution in [3.8, 4) is 0 Å². The van der Waals surface area contributed by atoms with Crippen LogP contribution in [0.4, 0.5) is 0 Å². The second-order valence-electron chi connectivity index (χ2n) is 7.04. The van der Waals surface area contributed by atoms with Crippen LogP contribution in [0.3, 0.4) is 0 Å². The van der Waals surface area contributed by atoms with Crippen LogP contribution in [-0.2, 0) is 6.54 Å². The molecule has 0 radical (unpaired) electrons. The van der Waals surface area contributed by atoms with Crippen LogP contribution in [0.5, 0.6) is 0 Å². The zero-order valence-electron chi connectivity index (χ0n) is 13.9. The molecule has 3 nitrogen and oxygen atoms in total. The van der Waals surface area contributed by atoms with E-state index in [2.05, 4.69) is 49.3 Å². The first-order valence-corrected chi connectivity index (χ1v) is 8.51. The standard InChI is InChI=1S/C19H26N2O/c1-12-8-14(3)18-15(9-12)10-16(19(22)21-18)11-20-17-7-5-4-6-13(17)2/h8-10,13,17,20H,4-7,11H2,1-3H3,(H,21,22)/p+1/t13-,17+/m0/s1. The lowest BCUT2D eigenvalue weighted by molar-refractivity contribution is -0.712. The second-order valence-corrected chi connectivity index (χ2v) is 7.04. The van der Waals surface area contributed by atoms with E-state index in [0.29, 0.717) is 6.04 Å². The fraction of sp³-hybridized carbons (Fsp3) is 0.526. The minimum atomic E-state index is 0.0687. The fourth-order valence-corrected chi connectivity index (χ4v) is 3.86. The van der Waals surface area contributed by atoms with Crippen LogP contribution in [0.2, 0.25) is 0 Å². The monoisotopic (exact) mass is 299 g/mol. The van der Waals surface area contributed by atoms with Gasteiger partial charge < -0.3 is 10.3 Å². The van der Waals surface area contributed by atoms with Gasteiger partial charge in [-0.1, -0.05) is 25.0 Å². The van der Waals surface area contributed by atoms with Crippen LogP contribution in [0.15, 0.2) is 23.0 Å². The Morgan fingerprint density at radius 1 is 1.18 bits per heavy atom. The zero-order chi connectivity index (χ0) is 15.7. The number of benzene rings is 1. The Labute approximate surface area is 132 Å². The molecule has 0 amide bonds. The SMILES string of the molecule is Cc1cc(C)c2[nH]c(=O)c(C[NH2+][C@@H]3CCCC[C@@H]3C)cc2c1. The average Bonchev–Trinajstić information content (AvgIpc) is 2.47. The highest BCUT2D eigenvalue weighted by atomic mass is 16.1. The number of aromatic amines is 1. The van der Waals surface area contributed by atoms with Gasteiger partial charge >= 0.3 is 0 Å². The van der Waals surface area contributed by atoms with Crippen molar-refractivity contribution < 1.29 is 5.32 Å². The lowest BCUT2D eigenvalue weighted by Gasteiger charge is -2.26. The van der Waals surface area contributed by atoms with Gasteiger partial charge in [0, 0.05) is 5.92 Å². The highest BCUT2D eigenvalue weighted by Crippen LogP contribution is 2.21. The Bertz CT molecular complexity index is 732. The summed E-state index contributed by atoms with van der Waals surface area (Å²) in [4.78, 5) is 15.4. The molecule has 1 aromatic carbocycles. The molecule has 118 valence electrons. The highest BCUT2D eigenvalue weighted by Gasteiger charge is 2.24. The van der Waals surface area contributed by atoms with E-state index in [4.69, 9.17) is 0 Å². The molecular formula is C19H27N2O+. The van der Waals surface area contributed by atoms with Crippen LogP contribution in [0.1, 0.15) is 49.3 Å². The number of pyridine rings is 1. The molecule has 1 saturated carbocycles. The van der Waals surface area contributed by atoms with E-state index in [1.165, 1.54) is 31.2 Å². The molecule has 3 heteroatoms. The number of aryl methyl sites for hydroxylation is 2. The summed E-state index contributed by atoms with van der Waals surface area (Å²) in [6.07, 6.45) is 5.30. The smallest absolute Gasteiger partial charge is 0.257 e. The van der Waals surface area contributed by atoms with Gasteiger partial charge in [-0.15, -0.1) is 0 Å². The van der Waals surface area contributed by atoms with Crippen LogP contribution in [0.25, 0.3) is 10.9 Å². The first-order chi connectivity index (χ1) is 10.5. The number of nitrogens with two attached hydrogens (primary N) is 1. The van der Waals surface area contributed by atoms with Crippen molar-refractivity contribution in [3.05, 3.63) is 45.2 Å². The number of fused-ring (bicyclic) bond motifs is 1. The Morgan fingerprint density at radius 3 is 2.73 bits per heavy atom. The van der Waals surface area contributed by atoms with Crippen LogP contribution in [-0.4, -0.2) is 11.0 Å². The lowest BCUT2D eigenvalue weighted by Crippen LogP contribution is -2.90. The number of hydrogen-bond acceptors (Lipinski definition) is 1. The van der Waals surface area contributed by atoms with E-state index < -0.39 is 0 Å². The molecule has 1 aliphatic rings. The largest absolute Gasteiger partial charge is 0.340 e. The molecule has 0 bridgehead atoms. The van der Waals surface area contributed by atoms with Gasteiger partial charge in [-0.05, 0) is 56.2 Å². The third kappa shape index (κ3) is 3.09. The first-order valence-electron chi connectivity index (χ1n) is 8.51. The van der Waals surface area contributed by atoms with Crippen LogP contribution >= 0.6 is 0 Å². The average molecular weight is 299 g/mol. The Kier molecular flexibility index (Phi) is 4.34. The van der Waals surface area contributed by atoms with Crippen molar-refractivity contribution in [2.45, 2.75) is 59.0 Å². The van der Waals surface area contributed by atoms with Crippen LogP contribution in [0, 0.1) is 19.8 Å². The van der Waals surface area contributed by atoms with E-state index in [1.54, 1.807) is 0 Å². The number of rotatable bonds is 3. The summed E-state index contributed by atoms with van der Waals surface area (Å²) in [6.45, 7) is 7.29. The minimum absolute atomic E-state index is 0.0687. The summed E-state index contributed by atoms with van der Waals surface area (Å²) in [6, 6.07) is 7.03. The van der Waals surface area contributed by atoms with Crippen molar-refractivity contribution >= 4 is 10.9 Å². The van der Waals surface area contributed by atoms with Crippen molar-refractivity contribution in [1.29, 1.82) is 0 Å². The van der Waals surface area contributed by atoms with E-state index in [0.717, 1.165) is 34.5 Å². The third-order valence-corrected chi connectivity index (χ3v) is 5.19. The van der Waals surface area contributed by atoms with Gasteiger partial charge in [0.15, 0.2) is 0 Å². The second kappa shape index (κ2) is 6.25. The molecule has 22 heavy (non-hydrogen) atoms. The minimum Gasteiger partial charge on any atom is -0.340 e. The third-order valence-electron chi connectivity index (χ3n) is 5.19. The molecule has 3 rings (SSSR count). The van der Waals surface area contributed by atoms with E-state index >= 15 is 0 Å². The fourth-order valence-electron chi connectivity index (χ4n) is 3.86. The molecule has 1 aliphatic carbocycles. The summed E-state index contributed by atoms with van der Waals surface area (Å²) in [7, 11) is 0. The molecular weight excluding hydrogens is 272 g/mol. The topological polar surface area (TPSA) is 49.5 Å². The molecule has 3 N–H and O–H groups in total. The summed E-state index contributed by atoms with van der Waals surface area (Å²) < 4.78 is 0. The summed E-state index contributed by atoms with van der Waals surface area (Å²) in [5, 5.41) is 3.53. The molecule has 1 aromatic heterocycles. The molecule has 1 heterocycles. The Morgan fingerprint density at radius 2 is 1.95 bits per heavy atom. The molecule has 0 spiro atoms. The molecule has 0 saturated heterocycles. The molecule has 0 aliphatic heterocycles. The summed E-state index contributed by atoms with van der Waals surface area (Å²) >= 11 is 0. The molecule has 2 atom stereocenters. The Hall–Kier alpha value is -1.61. The first kappa shape index (κ1) is 15.3. The molecule has 1 fully saturated rings. The van der Waals surface area contributed by atoms with E-state index in [-0.39, 0.29) is 5.56 Å². The number of quaternary nitrogens is 1. The molecule has 2 aromatic rings.